The lowest BCUT2D eigenvalue weighted by atomic mass is 9.99. The van der Waals surface area contributed by atoms with Crippen LogP contribution in [0.1, 0.15) is 74.8 Å². The molecule has 3 heterocycles. The first-order valence-corrected chi connectivity index (χ1v) is 32.5. The number of fused-ring (bicyclic) bond motifs is 6. The van der Waals surface area contributed by atoms with Gasteiger partial charge in [-0.3, -0.25) is 0 Å². The van der Waals surface area contributed by atoms with Crippen LogP contribution < -0.4 is 0 Å². The van der Waals surface area contributed by atoms with Gasteiger partial charge in [0.1, 0.15) is 26.4 Å². The second-order valence-electron chi connectivity index (χ2n) is 24.2. The Labute approximate surface area is 581 Å². The quantitative estimate of drug-likeness (QED) is 0.0587. The SMILES string of the molecule is N#Cc1ccc(-c2ccc(-n3c4ccc(C(=O)OCc5ccccc5)cc4c4cc(C(=O)OCc5ccccc5)ccc43)c(-c3nc(-c4ccccc4)nc(-c4ccc(C(F)(F)F)cc4-n4c5ccc(C(=O)OCc6ccccc6)cc5c5cc(C(=O)OCc6ccccc6)ccc54)n3)c2)cc1. The summed E-state index contributed by atoms with van der Waals surface area (Å²) in [5.74, 6) is -2.33. The zero-order valence-electron chi connectivity index (χ0n) is 54.0. The number of esters is 4. The van der Waals surface area contributed by atoms with E-state index >= 15 is 13.2 Å². The Kier molecular flexibility index (Phi) is 17.5. The normalized spacial score (nSPS) is 11.4. The molecule has 0 radical (unpaired) electrons. The van der Waals surface area contributed by atoms with Crippen molar-refractivity contribution in [3.63, 3.8) is 0 Å². The van der Waals surface area contributed by atoms with Gasteiger partial charge in [0, 0.05) is 38.2 Å². The van der Waals surface area contributed by atoms with Crippen LogP contribution in [0.2, 0.25) is 0 Å². The van der Waals surface area contributed by atoms with Gasteiger partial charge in [0.05, 0.1) is 72.9 Å². The average molecular weight is 1350 g/mol. The first-order chi connectivity index (χ1) is 49.8. The largest absolute Gasteiger partial charge is 0.457 e. The molecule has 15 rings (SSSR count). The Morgan fingerprint density at radius 3 is 1.08 bits per heavy atom. The summed E-state index contributed by atoms with van der Waals surface area (Å²) in [6.45, 7) is -0.0407. The summed E-state index contributed by atoms with van der Waals surface area (Å²) in [4.78, 5) is 71.9. The minimum atomic E-state index is -4.87. The third-order valence-electron chi connectivity index (χ3n) is 17.6. The number of ether oxygens (including phenoxy) is 4. The Bertz CT molecular complexity index is 5560. The fourth-order valence-electron chi connectivity index (χ4n) is 12.5. The van der Waals surface area contributed by atoms with Crippen molar-refractivity contribution >= 4 is 67.5 Å². The lowest BCUT2D eigenvalue weighted by Gasteiger charge is -2.18. The van der Waals surface area contributed by atoms with E-state index in [2.05, 4.69) is 6.07 Å². The van der Waals surface area contributed by atoms with Gasteiger partial charge in [-0.25, -0.2) is 34.1 Å². The second kappa shape index (κ2) is 27.7. The van der Waals surface area contributed by atoms with E-state index in [1.54, 1.807) is 89.5 Å². The third kappa shape index (κ3) is 13.2. The van der Waals surface area contributed by atoms with Crippen molar-refractivity contribution < 1.29 is 51.3 Å². The molecule has 17 heteroatoms. The zero-order chi connectivity index (χ0) is 69.8. The number of benzene rings is 12. The average Bonchev–Trinajstić information content (AvgIpc) is 1.55. The Morgan fingerprint density at radius 1 is 0.343 bits per heavy atom. The summed E-state index contributed by atoms with van der Waals surface area (Å²) < 4.78 is 73.5. The van der Waals surface area contributed by atoms with Crippen LogP contribution in [0, 0.1) is 11.3 Å². The molecule has 0 saturated carbocycles. The van der Waals surface area contributed by atoms with E-state index in [4.69, 9.17) is 33.9 Å². The predicted octanol–water partition coefficient (Wildman–Crippen LogP) is 19.1. The molecule has 12 aromatic carbocycles. The van der Waals surface area contributed by atoms with Crippen LogP contribution in [0.3, 0.4) is 0 Å². The highest BCUT2D eigenvalue weighted by atomic mass is 19.4. The van der Waals surface area contributed by atoms with Gasteiger partial charge in [-0.1, -0.05) is 170 Å². The molecule has 494 valence electrons. The molecule has 3 aromatic heterocycles. The van der Waals surface area contributed by atoms with Crippen LogP contribution in [0.15, 0.2) is 285 Å². The van der Waals surface area contributed by atoms with Gasteiger partial charge in [0.15, 0.2) is 17.5 Å². The van der Waals surface area contributed by atoms with Crippen LogP contribution in [0.25, 0.3) is 100 Å². The lowest BCUT2D eigenvalue weighted by molar-refractivity contribution is -0.137. The highest BCUT2D eigenvalue weighted by Crippen LogP contribution is 2.43. The Balaban J connectivity index is 0.939. The minimum Gasteiger partial charge on any atom is -0.457 e. The molecule has 0 spiro atoms. The van der Waals surface area contributed by atoms with Crippen molar-refractivity contribution in [3.8, 4) is 62.7 Å². The van der Waals surface area contributed by atoms with E-state index in [0.29, 0.717) is 71.6 Å². The number of aromatic nitrogens is 5. The predicted molar refractivity (Wildman–Crippen MR) is 382 cm³/mol. The van der Waals surface area contributed by atoms with E-state index in [1.807, 2.05) is 174 Å². The molecule has 0 amide bonds. The molecule has 0 aliphatic heterocycles. The molecule has 102 heavy (non-hydrogen) atoms. The van der Waals surface area contributed by atoms with E-state index in [9.17, 15) is 24.4 Å². The maximum absolute atomic E-state index is 15.5. The molecule has 0 N–H and O–H groups in total. The standard InChI is InChI=1S/C85H55F3N6O8/c86-85(87,88)65-35-36-66(77(47-65)94-74-40-33-63(83(97)101-51-56-20-10-3-11-21-56)45-69(74)70-46-64(34-41-75(70)94)84(98)102-52-57-22-12-4-13-23-57)79-90-78(59-24-14-5-15-25-59)91-80(92-79)71-42-60(58-28-26-53(48-89)27-29-58)30-37-76(71)93-72-38-31-61(81(95)99-49-54-16-6-1-7-17-54)43-67(72)68-44-62(32-39-73(68)93)82(96)100-50-55-18-8-2-9-19-55/h1-47H,49-52H2. The molecular weight excluding hydrogens is 1290 g/mol. The minimum absolute atomic E-state index is 0.0147. The molecule has 0 aliphatic rings. The molecule has 0 unspecified atom stereocenters. The number of nitriles is 1. The highest BCUT2D eigenvalue weighted by Gasteiger charge is 2.33. The number of rotatable bonds is 18. The number of halogens is 3. The van der Waals surface area contributed by atoms with Crippen molar-refractivity contribution in [3.05, 3.63) is 341 Å². The van der Waals surface area contributed by atoms with Crippen molar-refractivity contribution in [2.75, 3.05) is 0 Å². The van der Waals surface area contributed by atoms with Gasteiger partial charge in [-0.05, 0) is 149 Å². The summed E-state index contributed by atoms with van der Waals surface area (Å²) >= 11 is 0. The van der Waals surface area contributed by atoms with Crippen LogP contribution in [-0.2, 0) is 51.6 Å². The van der Waals surface area contributed by atoms with Crippen molar-refractivity contribution in [1.29, 1.82) is 5.26 Å². The van der Waals surface area contributed by atoms with Crippen molar-refractivity contribution in [1.82, 2.24) is 24.1 Å². The molecule has 0 bridgehead atoms. The monoisotopic (exact) mass is 1340 g/mol. The maximum atomic E-state index is 15.5. The smallest absolute Gasteiger partial charge is 0.416 e. The lowest BCUT2D eigenvalue weighted by Crippen LogP contribution is -2.09. The molecular formula is C85H55F3N6O8. The summed E-state index contributed by atoms with van der Waals surface area (Å²) in [6.07, 6.45) is -4.87. The first kappa shape index (κ1) is 64.4. The molecule has 0 saturated heterocycles. The summed E-state index contributed by atoms with van der Waals surface area (Å²) in [5, 5.41) is 11.8. The van der Waals surface area contributed by atoms with Crippen LogP contribution >= 0.6 is 0 Å². The summed E-state index contributed by atoms with van der Waals surface area (Å²) in [6, 6.07) is 84.0. The molecule has 0 fully saturated rings. The van der Waals surface area contributed by atoms with Crippen LogP contribution in [0.5, 0.6) is 0 Å². The first-order valence-electron chi connectivity index (χ1n) is 32.5. The Morgan fingerprint density at radius 2 is 0.696 bits per heavy atom. The van der Waals surface area contributed by atoms with Crippen LogP contribution in [-0.4, -0.2) is 48.0 Å². The number of nitrogens with zero attached hydrogens (tertiary/aromatic N) is 6. The fourth-order valence-corrected chi connectivity index (χ4v) is 12.5. The van der Waals surface area contributed by atoms with E-state index in [-0.39, 0.29) is 77.4 Å². The van der Waals surface area contributed by atoms with Gasteiger partial charge >= 0.3 is 30.1 Å². The van der Waals surface area contributed by atoms with Crippen molar-refractivity contribution in [2.24, 2.45) is 0 Å². The van der Waals surface area contributed by atoms with Gasteiger partial charge in [-0.15, -0.1) is 0 Å². The molecule has 14 nitrogen and oxygen atoms in total. The zero-order valence-corrected chi connectivity index (χ0v) is 54.0. The van der Waals surface area contributed by atoms with Crippen molar-refractivity contribution in [2.45, 2.75) is 32.6 Å². The second-order valence-corrected chi connectivity index (χ2v) is 24.2. The van der Waals surface area contributed by atoms with E-state index in [1.165, 1.54) is 18.2 Å². The number of hydrogen-bond donors (Lipinski definition) is 0. The van der Waals surface area contributed by atoms with E-state index in [0.717, 1.165) is 39.9 Å². The number of hydrogen-bond acceptors (Lipinski definition) is 12. The third-order valence-corrected chi connectivity index (χ3v) is 17.6. The van der Waals surface area contributed by atoms with E-state index < -0.39 is 35.6 Å². The number of carbonyl (C=O) groups excluding carboxylic acids is 4. The van der Waals surface area contributed by atoms with Crippen LogP contribution in [0.4, 0.5) is 13.2 Å². The van der Waals surface area contributed by atoms with Gasteiger partial charge < -0.3 is 28.1 Å². The van der Waals surface area contributed by atoms with Gasteiger partial charge in [0.2, 0.25) is 0 Å². The molecule has 0 atom stereocenters. The summed E-state index contributed by atoms with van der Waals surface area (Å²) in [5.41, 5.74) is 8.05. The number of carbonyl (C=O) groups is 4. The highest BCUT2D eigenvalue weighted by molar-refractivity contribution is 6.15. The molecule has 15 aromatic rings. The summed E-state index contributed by atoms with van der Waals surface area (Å²) in [7, 11) is 0. The van der Waals surface area contributed by atoms with Gasteiger partial charge in [0.25, 0.3) is 0 Å². The fraction of sp³-hybridized carbons (Fsp3) is 0.0588. The Hall–Kier alpha value is -13.6. The maximum Gasteiger partial charge on any atom is 0.416 e. The number of alkyl halides is 3. The topological polar surface area (TPSA) is 178 Å². The molecule has 0 aliphatic carbocycles. The van der Waals surface area contributed by atoms with Gasteiger partial charge in [-0.2, -0.15) is 18.4 Å².